The van der Waals surface area contributed by atoms with Crippen LogP contribution in [0.3, 0.4) is 0 Å². The Kier molecular flexibility index (Phi) is 4.77. The van der Waals surface area contributed by atoms with Crippen molar-refractivity contribution in [2.75, 3.05) is 31.2 Å². The minimum absolute atomic E-state index is 0.0581. The second-order valence-electron chi connectivity index (χ2n) is 8.70. The number of hydrogen-bond donors (Lipinski definition) is 1. The summed E-state index contributed by atoms with van der Waals surface area (Å²) in [5.41, 5.74) is -0.407. The first-order valence-electron chi connectivity index (χ1n) is 15.1. The van der Waals surface area contributed by atoms with Crippen molar-refractivity contribution < 1.29 is 23.2 Å². The number of halogens is 2. The van der Waals surface area contributed by atoms with Crippen LogP contribution in [-0.4, -0.2) is 42.6 Å². The molecule has 5 rings (SSSR count). The molecule has 182 valence electrons. The van der Waals surface area contributed by atoms with Gasteiger partial charge in [0.15, 0.2) is 0 Å². The van der Waals surface area contributed by atoms with Gasteiger partial charge in [0.1, 0.15) is 17.2 Å². The normalized spacial score (nSPS) is 22.3. The van der Waals surface area contributed by atoms with Crippen molar-refractivity contribution in [3.8, 4) is 0 Å². The minimum atomic E-state index is -3.33. The highest BCUT2D eigenvalue weighted by Gasteiger charge is 2.50. The molecule has 2 aliphatic rings. The van der Waals surface area contributed by atoms with Gasteiger partial charge in [0.25, 0.3) is 0 Å². The number of anilines is 1. The summed E-state index contributed by atoms with van der Waals surface area (Å²) in [4.78, 5) is 16.2. The zero-order valence-corrected chi connectivity index (χ0v) is 19.1. The van der Waals surface area contributed by atoms with Crippen LogP contribution < -0.4 is 10.2 Å². The maximum atomic E-state index is 13.8. The Hall–Kier alpha value is -3.25. The second-order valence-corrected chi connectivity index (χ2v) is 8.70. The fraction of sp³-hybridized carbons (Fsp3) is 0.345. The molecule has 0 aromatic heterocycles. The van der Waals surface area contributed by atoms with Gasteiger partial charge in [-0.05, 0) is 79.6 Å². The van der Waals surface area contributed by atoms with E-state index in [9.17, 15) is 14.9 Å². The molecule has 6 heteroatoms. The summed E-state index contributed by atoms with van der Waals surface area (Å²) in [5, 5.41) is 2.86. The molecule has 2 heterocycles. The average molecular weight is 483 g/mol. The first kappa shape index (κ1) is 16.4. The van der Waals surface area contributed by atoms with Gasteiger partial charge in [-0.3, -0.25) is 4.79 Å². The van der Waals surface area contributed by atoms with Crippen LogP contribution >= 0.6 is 0 Å². The van der Waals surface area contributed by atoms with E-state index in [1.54, 1.807) is 0 Å². The Morgan fingerprint density at radius 3 is 2.06 bits per heavy atom. The Morgan fingerprint density at radius 2 is 1.49 bits per heavy atom. The van der Waals surface area contributed by atoms with Crippen molar-refractivity contribution in [3.63, 3.8) is 0 Å². The van der Waals surface area contributed by atoms with Crippen LogP contribution in [0.15, 0.2) is 78.9 Å². The Labute approximate surface area is 215 Å². The highest BCUT2D eigenvalue weighted by atomic mass is 19.1. The van der Waals surface area contributed by atoms with Crippen LogP contribution in [0.4, 0.5) is 14.5 Å². The quantitative estimate of drug-likeness (QED) is 0.496. The van der Waals surface area contributed by atoms with Crippen LogP contribution in [0.5, 0.6) is 0 Å². The van der Waals surface area contributed by atoms with Gasteiger partial charge in [-0.1, -0.05) is 42.5 Å². The van der Waals surface area contributed by atoms with Crippen molar-refractivity contribution in [3.05, 3.63) is 102 Å². The largest absolute Gasteiger partial charge is 0.339 e. The van der Waals surface area contributed by atoms with Crippen LogP contribution in [-0.2, 0) is 4.79 Å². The maximum absolute atomic E-state index is 13.8. The molecule has 0 radical (unpaired) electrons. The van der Waals surface area contributed by atoms with Crippen LogP contribution in [0.1, 0.15) is 52.2 Å². The monoisotopic (exact) mass is 482 g/mol. The van der Waals surface area contributed by atoms with E-state index in [4.69, 9.17) is 8.22 Å². The number of hydrogen-bond acceptors (Lipinski definition) is 3. The predicted molar refractivity (Wildman–Crippen MR) is 134 cm³/mol. The fourth-order valence-corrected chi connectivity index (χ4v) is 4.73. The third-order valence-corrected chi connectivity index (χ3v) is 6.66. The van der Waals surface area contributed by atoms with E-state index in [2.05, 4.69) is 5.32 Å². The average Bonchev–Trinajstić information content (AvgIpc) is 3.28. The molecule has 35 heavy (non-hydrogen) atoms. The molecule has 0 aliphatic carbocycles. The van der Waals surface area contributed by atoms with E-state index in [-0.39, 0.29) is 49.6 Å². The highest BCUT2D eigenvalue weighted by Crippen LogP contribution is 2.36. The van der Waals surface area contributed by atoms with E-state index < -0.39 is 42.3 Å². The topological polar surface area (TPSA) is 35.6 Å². The first-order valence-corrected chi connectivity index (χ1v) is 11.6. The minimum Gasteiger partial charge on any atom is -0.339 e. The van der Waals surface area contributed by atoms with E-state index in [0.29, 0.717) is 0 Å². The molecule has 0 unspecified atom stereocenters. The lowest BCUT2D eigenvalue weighted by Gasteiger charge is -2.43. The van der Waals surface area contributed by atoms with E-state index >= 15 is 0 Å². The lowest BCUT2D eigenvalue weighted by atomic mass is 9.85. The van der Waals surface area contributed by atoms with Crippen molar-refractivity contribution in [1.82, 2.24) is 10.2 Å². The number of nitrogens with one attached hydrogen (secondary N) is 1. The van der Waals surface area contributed by atoms with Gasteiger partial charge in [-0.15, -0.1) is 0 Å². The van der Waals surface area contributed by atoms with Gasteiger partial charge in [0.05, 0.1) is 6.67 Å². The lowest BCUT2D eigenvalue weighted by Crippen LogP contribution is -2.56. The molecule has 1 spiro atoms. The van der Waals surface area contributed by atoms with Gasteiger partial charge >= 0.3 is 0 Å². The number of carbonyl (C=O) groups excluding carboxylic acids is 1. The van der Waals surface area contributed by atoms with Gasteiger partial charge in [-0.2, -0.15) is 0 Å². The SMILES string of the molecule is [2H]C(c1ccc(F)cc1)(c1ccc(F)cc1)C([2H])([2H])C([2H])([2H])C([2H])([2H])N1CCC2(CC1)C(=O)NCN2c1ccccc1. The molecule has 2 fully saturated rings. The Balaban J connectivity index is 1.49. The summed E-state index contributed by atoms with van der Waals surface area (Å²) in [6.07, 6.45) is -6.27. The van der Waals surface area contributed by atoms with Gasteiger partial charge in [0, 0.05) is 34.3 Å². The molecule has 3 aromatic rings. The molecule has 0 saturated carbocycles. The summed E-state index contributed by atoms with van der Waals surface area (Å²) in [6, 6.07) is 18.0. The maximum Gasteiger partial charge on any atom is 0.247 e. The smallest absolute Gasteiger partial charge is 0.247 e. The zero-order chi connectivity index (χ0) is 30.6. The molecule has 1 N–H and O–H groups in total. The number of benzene rings is 3. The Morgan fingerprint density at radius 1 is 0.914 bits per heavy atom. The van der Waals surface area contributed by atoms with Crippen molar-refractivity contribution >= 4 is 11.6 Å². The molecule has 4 nitrogen and oxygen atoms in total. The van der Waals surface area contributed by atoms with E-state index in [0.717, 1.165) is 54.2 Å². The number of nitrogens with zero attached hydrogens (tertiary/aromatic N) is 2. The lowest BCUT2D eigenvalue weighted by molar-refractivity contribution is -0.125. The van der Waals surface area contributed by atoms with Crippen LogP contribution in [0.2, 0.25) is 0 Å². The van der Waals surface area contributed by atoms with Crippen molar-refractivity contribution in [1.29, 1.82) is 0 Å². The third-order valence-electron chi connectivity index (χ3n) is 6.66. The summed E-state index contributed by atoms with van der Waals surface area (Å²) >= 11 is 0. The number of carbonyl (C=O) groups is 1. The van der Waals surface area contributed by atoms with Crippen LogP contribution in [0, 0.1) is 11.6 Å². The summed E-state index contributed by atoms with van der Waals surface area (Å²) < 4.78 is 90.8. The van der Waals surface area contributed by atoms with Crippen molar-refractivity contribution in [2.24, 2.45) is 0 Å². The second kappa shape index (κ2) is 10.2. The Bertz CT molecular complexity index is 1390. The molecular weight excluding hydrogens is 444 g/mol. The predicted octanol–water partition coefficient (Wildman–Crippen LogP) is 5.31. The van der Waals surface area contributed by atoms with Gasteiger partial charge in [0.2, 0.25) is 5.91 Å². The molecular formula is C29H31F2N3O. The highest BCUT2D eigenvalue weighted by molar-refractivity contribution is 5.93. The van der Waals surface area contributed by atoms with Gasteiger partial charge < -0.3 is 15.1 Å². The summed E-state index contributed by atoms with van der Waals surface area (Å²) in [6.45, 7) is -2.79. The summed E-state index contributed by atoms with van der Waals surface area (Å²) in [7, 11) is 0. The number of amides is 1. The van der Waals surface area contributed by atoms with Crippen LogP contribution in [0.25, 0.3) is 0 Å². The number of rotatable bonds is 7. The van der Waals surface area contributed by atoms with Crippen molar-refractivity contribution in [2.45, 2.75) is 37.0 Å². The van der Waals surface area contributed by atoms with Gasteiger partial charge in [-0.25, -0.2) is 8.78 Å². The number of piperidine rings is 1. The third kappa shape index (κ3) is 4.94. The number of likely N-dealkylation sites (tertiary alicyclic amines) is 1. The van der Waals surface area contributed by atoms with E-state index in [1.165, 1.54) is 4.90 Å². The molecule has 0 atom stereocenters. The zero-order valence-electron chi connectivity index (χ0n) is 26.1. The fourth-order valence-electron chi connectivity index (χ4n) is 4.73. The molecule has 3 aromatic carbocycles. The standard InChI is InChI=1S/C29H31F2N3O/c30-24-12-8-22(9-13-24)27(23-10-14-25(31)15-11-23)7-4-18-33-19-16-29(17-20-33)28(35)32-21-34(29)26-5-2-1-3-6-26/h1-3,5-6,8-15,27H,4,7,16-21H2,(H,32,35)/i4D2,7D2,18D2,27D. The summed E-state index contributed by atoms with van der Waals surface area (Å²) in [5.74, 6) is -4.11. The molecule has 1 amide bonds. The first-order chi connectivity index (χ1) is 19.7. The molecule has 0 bridgehead atoms. The number of para-hydroxylation sites is 1. The van der Waals surface area contributed by atoms with E-state index in [1.807, 2.05) is 35.2 Å². The molecule has 2 saturated heterocycles. The molecule has 2 aliphatic heterocycles.